The minimum Gasteiger partial charge on any atom is -0.497 e. The molecule has 0 N–H and O–H groups in total. The van der Waals surface area contributed by atoms with E-state index in [0.717, 1.165) is 12.2 Å². The van der Waals surface area contributed by atoms with Crippen molar-refractivity contribution in [2.24, 2.45) is 5.92 Å². The maximum Gasteiger partial charge on any atom is 0.118 e. The van der Waals surface area contributed by atoms with E-state index >= 15 is 0 Å². The average Bonchev–Trinajstić information content (AvgIpc) is 2.41. The van der Waals surface area contributed by atoms with Gasteiger partial charge in [-0.1, -0.05) is 48.9 Å². The van der Waals surface area contributed by atoms with E-state index in [4.69, 9.17) is 4.74 Å². The summed E-state index contributed by atoms with van der Waals surface area (Å²) < 4.78 is 5.15. The monoisotopic (exact) mass is 240 g/mol. The van der Waals surface area contributed by atoms with Crippen LogP contribution in [0.1, 0.15) is 25.8 Å². The van der Waals surface area contributed by atoms with Gasteiger partial charge in [-0.25, -0.2) is 0 Å². The average molecular weight is 240 g/mol. The molecule has 1 heteroatoms. The van der Waals surface area contributed by atoms with Gasteiger partial charge >= 0.3 is 0 Å². The number of hydrogen-bond donors (Lipinski definition) is 0. The Hall–Kier alpha value is -1.76. The van der Waals surface area contributed by atoms with E-state index in [2.05, 4.69) is 50.3 Å². The van der Waals surface area contributed by atoms with Gasteiger partial charge in [-0.05, 0) is 42.5 Å². The van der Waals surface area contributed by atoms with Crippen molar-refractivity contribution in [1.82, 2.24) is 0 Å². The Balaban J connectivity index is 2.07. The lowest BCUT2D eigenvalue weighted by Gasteiger charge is -2.16. The zero-order valence-electron chi connectivity index (χ0n) is 11.3. The Bertz CT molecular complexity index is 489. The smallest absolute Gasteiger partial charge is 0.118 e. The fourth-order valence-electron chi connectivity index (χ4n) is 2.03. The number of hydrogen-bond acceptors (Lipinski definition) is 1. The molecule has 1 atom stereocenters. The lowest BCUT2D eigenvalue weighted by molar-refractivity contribution is 0.415. The van der Waals surface area contributed by atoms with Crippen LogP contribution in [0.4, 0.5) is 0 Å². The first kappa shape index (κ1) is 12.7. The summed E-state index contributed by atoms with van der Waals surface area (Å²) in [4.78, 5) is 0. The van der Waals surface area contributed by atoms with Gasteiger partial charge in [0.15, 0.2) is 0 Å². The highest BCUT2D eigenvalue weighted by Crippen LogP contribution is 2.25. The molecule has 0 aliphatic heterocycles. The highest BCUT2D eigenvalue weighted by atomic mass is 16.5. The second-order valence-electron chi connectivity index (χ2n) is 4.86. The second kappa shape index (κ2) is 5.72. The Morgan fingerprint density at radius 1 is 1.11 bits per heavy atom. The Kier molecular flexibility index (Phi) is 4.03. The fourth-order valence-corrected chi connectivity index (χ4v) is 2.03. The van der Waals surface area contributed by atoms with Gasteiger partial charge in [0.25, 0.3) is 0 Å². The van der Waals surface area contributed by atoms with Gasteiger partial charge in [0.1, 0.15) is 5.75 Å². The second-order valence-corrected chi connectivity index (χ2v) is 4.86. The molecule has 0 aromatic heterocycles. The van der Waals surface area contributed by atoms with E-state index in [-0.39, 0.29) is 0 Å². The summed E-state index contributed by atoms with van der Waals surface area (Å²) in [6.45, 7) is 4.48. The minimum atomic E-state index is 0.658. The summed E-state index contributed by atoms with van der Waals surface area (Å²) in [5, 5.41) is 0. The zero-order chi connectivity index (χ0) is 13.0. The van der Waals surface area contributed by atoms with Gasteiger partial charge in [-0.15, -0.1) is 0 Å². The van der Waals surface area contributed by atoms with Crippen molar-refractivity contribution >= 4 is 6.08 Å². The van der Waals surface area contributed by atoms with Crippen molar-refractivity contribution in [3.8, 4) is 5.75 Å². The number of benzene rings is 1. The first-order chi connectivity index (χ1) is 8.69. The van der Waals surface area contributed by atoms with Gasteiger partial charge < -0.3 is 4.74 Å². The van der Waals surface area contributed by atoms with Crippen molar-refractivity contribution in [3.05, 3.63) is 59.2 Å². The Morgan fingerprint density at radius 2 is 1.83 bits per heavy atom. The summed E-state index contributed by atoms with van der Waals surface area (Å²) in [7, 11) is 1.69. The van der Waals surface area contributed by atoms with Crippen LogP contribution in [0, 0.1) is 5.92 Å². The van der Waals surface area contributed by atoms with E-state index in [0.29, 0.717) is 5.92 Å². The number of methoxy groups -OCH3 is 1. The van der Waals surface area contributed by atoms with Crippen LogP contribution in [-0.2, 0) is 0 Å². The first-order valence-electron chi connectivity index (χ1n) is 6.38. The van der Waals surface area contributed by atoms with E-state index < -0.39 is 0 Å². The summed E-state index contributed by atoms with van der Waals surface area (Å²) >= 11 is 0. The predicted octanol–water partition coefficient (Wildman–Crippen LogP) is 4.62. The van der Waals surface area contributed by atoms with Crippen molar-refractivity contribution in [1.29, 1.82) is 0 Å². The van der Waals surface area contributed by atoms with Crippen LogP contribution in [0.2, 0.25) is 0 Å². The molecule has 0 saturated heterocycles. The predicted molar refractivity (Wildman–Crippen MR) is 77.6 cm³/mol. The Labute approximate surface area is 109 Å². The van der Waals surface area contributed by atoms with Crippen molar-refractivity contribution in [2.75, 3.05) is 7.11 Å². The molecule has 0 heterocycles. The van der Waals surface area contributed by atoms with Gasteiger partial charge in [0.2, 0.25) is 0 Å². The maximum absolute atomic E-state index is 5.15. The third kappa shape index (κ3) is 3.13. The summed E-state index contributed by atoms with van der Waals surface area (Å²) in [5.74, 6) is 1.56. The molecular weight excluding hydrogens is 220 g/mol. The first-order valence-corrected chi connectivity index (χ1v) is 6.38. The topological polar surface area (TPSA) is 9.23 Å². The van der Waals surface area contributed by atoms with E-state index in [1.807, 2.05) is 12.1 Å². The Morgan fingerprint density at radius 3 is 2.44 bits per heavy atom. The number of allylic oxidation sites excluding steroid dienone is 5. The molecule has 1 aliphatic carbocycles. The van der Waals surface area contributed by atoms with E-state index in [1.54, 1.807) is 7.11 Å². The standard InChI is InChI=1S/C17H20O/c1-13-4-5-16(12-14(13)2)7-6-15-8-10-17(18-3)11-9-15/h4-11,14H,12H2,1-3H3/b7-6-. The van der Waals surface area contributed by atoms with E-state index in [1.165, 1.54) is 16.7 Å². The number of rotatable bonds is 3. The van der Waals surface area contributed by atoms with Crippen molar-refractivity contribution in [3.63, 3.8) is 0 Å². The highest BCUT2D eigenvalue weighted by molar-refractivity contribution is 5.54. The molecule has 1 nitrogen and oxygen atoms in total. The summed E-state index contributed by atoms with van der Waals surface area (Å²) in [6.07, 6.45) is 9.94. The van der Waals surface area contributed by atoms with Gasteiger partial charge in [0.05, 0.1) is 7.11 Å². The van der Waals surface area contributed by atoms with E-state index in [9.17, 15) is 0 Å². The van der Waals surface area contributed by atoms with Gasteiger partial charge in [-0.2, -0.15) is 0 Å². The zero-order valence-corrected chi connectivity index (χ0v) is 11.3. The third-order valence-electron chi connectivity index (χ3n) is 3.49. The van der Waals surface area contributed by atoms with Crippen LogP contribution >= 0.6 is 0 Å². The molecule has 1 unspecified atom stereocenters. The summed E-state index contributed by atoms with van der Waals surface area (Å²) in [6, 6.07) is 8.12. The molecule has 0 spiro atoms. The van der Waals surface area contributed by atoms with Crippen LogP contribution in [0.3, 0.4) is 0 Å². The van der Waals surface area contributed by atoms with Gasteiger partial charge in [0, 0.05) is 0 Å². The molecule has 0 amide bonds. The van der Waals surface area contributed by atoms with Crippen LogP contribution in [0.5, 0.6) is 5.75 Å². The lowest BCUT2D eigenvalue weighted by Crippen LogP contribution is -2.01. The third-order valence-corrected chi connectivity index (χ3v) is 3.49. The quantitative estimate of drug-likeness (QED) is 0.749. The number of ether oxygens (including phenoxy) is 1. The van der Waals surface area contributed by atoms with Crippen LogP contribution in [-0.4, -0.2) is 7.11 Å². The molecule has 1 aromatic carbocycles. The van der Waals surface area contributed by atoms with Gasteiger partial charge in [-0.3, -0.25) is 0 Å². The largest absolute Gasteiger partial charge is 0.497 e. The van der Waals surface area contributed by atoms with Crippen LogP contribution in [0.15, 0.2) is 53.6 Å². The molecule has 94 valence electrons. The molecule has 18 heavy (non-hydrogen) atoms. The van der Waals surface area contributed by atoms with Crippen LogP contribution in [0.25, 0.3) is 6.08 Å². The van der Waals surface area contributed by atoms with Crippen molar-refractivity contribution < 1.29 is 4.74 Å². The minimum absolute atomic E-state index is 0.658. The molecule has 0 radical (unpaired) electrons. The molecule has 2 rings (SSSR count). The normalized spacial score (nSPS) is 19.6. The summed E-state index contributed by atoms with van der Waals surface area (Å²) in [5.41, 5.74) is 4.07. The molecule has 1 aromatic rings. The molecule has 0 saturated carbocycles. The molecule has 0 bridgehead atoms. The SMILES string of the molecule is COc1ccc(/C=C\C2=CC=C(C)C(C)C2)cc1. The highest BCUT2D eigenvalue weighted by Gasteiger charge is 2.09. The van der Waals surface area contributed by atoms with Crippen LogP contribution < -0.4 is 4.74 Å². The molecule has 1 aliphatic rings. The lowest BCUT2D eigenvalue weighted by atomic mass is 9.89. The molecule has 0 fully saturated rings. The molecular formula is C17H20O. The van der Waals surface area contributed by atoms with Crippen molar-refractivity contribution in [2.45, 2.75) is 20.3 Å². The fraction of sp³-hybridized carbons (Fsp3) is 0.294. The maximum atomic E-state index is 5.15.